The van der Waals surface area contributed by atoms with Crippen LogP contribution in [-0.2, 0) is 0 Å². The molecular weight excluding hydrogens is 190 g/mol. The number of benzene rings is 1. The number of aromatic hydroxyl groups is 1. The van der Waals surface area contributed by atoms with E-state index in [1.807, 2.05) is 13.0 Å². The first-order valence-corrected chi connectivity index (χ1v) is 3.81. The van der Waals surface area contributed by atoms with Crippen LogP contribution in [0.5, 0.6) is 5.75 Å². The maximum Gasteiger partial charge on any atom is 0.120 e. The molecule has 0 fully saturated rings. The van der Waals surface area contributed by atoms with Crippen molar-refractivity contribution < 1.29 is 10.2 Å². The maximum atomic E-state index is 9.40. The molecular formula is C9H14ClNO2. The van der Waals surface area contributed by atoms with E-state index in [9.17, 15) is 5.11 Å². The largest absolute Gasteiger partial charge is 0.508 e. The van der Waals surface area contributed by atoms with E-state index in [1.54, 1.807) is 12.1 Å². The molecule has 0 aromatic heterocycles. The highest BCUT2D eigenvalue weighted by molar-refractivity contribution is 5.85. The van der Waals surface area contributed by atoms with Gasteiger partial charge in [0.05, 0.1) is 12.6 Å². The van der Waals surface area contributed by atoms with Gasteiger partial charge in [0, 0.05) is 5.56 Å². The van der Waals surface area contributed by atoms with Crippen molar-refractivity contribution in [2.45, 2.75) is 13.0 Å². The quantitative estimate of drug-likeness (QED) is 0.675. The molecule has 1 aromatic carbocycles. The Morgan fingerprint density at radius 2 is 2.08 bits per heavy atom. The van der Waals surface area contributed by atoms with Crippen molar-refractivity contribution in [3.05, 3.63) is 29.3 Å². The van der Waals surface area contributed by atoms with Crippen molar-refractivity contribution >= 4 is 12.4 Å². The second-order valence-electron chi connectivity index (χ2n) is 2.85. The molecule has 0 aliphatic heterocycles. The van der Waals surface area contributed by atoms with E-state index in [2.05, 4.69) is 0 Å². The molecule has 0 amide bonds. The van der Waals surface area contributed by atoms with Gasteiger partial charge in [-0.05, 0) is 18.6 Å². The summed E-state index contributed by atoms with van der Waals surface area (Å²) in [5.41, 5.74) is 7.09. The zero-order chi connectivity index (χ0) is 9.14. The standard InChI is InChI=1S/C9H13NO2.ClH/c1-6-2-3-7(8(10)5-11)9(12)4-6;/h2-4,8,11-12H,5,10H2,1H3;1H/t8-;/m1./s1. The molecule has 13 heavy (non-hydrogen) atoms. The third kappa shape index (κ3) is 2.88. The van der Waals surface area contributed by atoms with Crippen molar-refractivity contribution in [1.82, 2.24) is 0 Å². The Balaban J connectivity index is 0.00000144. The van der Waals surface area contributed by atoms with Crippen LogP contribution in [0.15, 0.2) is 18.2 Å². The summed E-state index contributed by atoms with van der Waals surface area (Å²) < 4.78 is 0. The van der Waals surface area contributed by atoms with Crippen molar-refractivity contribution in [1.29, 1.82) is 0 Å². The first-order chi connectivity index (χ1) is 5.65. The summed E-state index contributed by atoms with van der Waals surface area (Å²) in [6.45, 7) is 1.73. The SMILES string of the molecule is Cc1ccc([C@H](N)CO)c(O)c1.Cl. The maximum absolute atomic E-state index is 9.40. The number of hydrogen-bond acceptors (Lipinski definition) is 3. The lowest BCUT2D eigenvalue weighted by atomic mass is 10.1. The first kappa shape index (κ1) is 12.2. The molecule has 0 saturated heterocycles. The van der Waals surface area contributed by atoms with Gasteiger partial charge < -0.3 is 15.9 Å². The van der Waals surface area contributed by atoms with Crippen LogP contribution in [0.2, 0.25) is 0 Å². The summed E-state index contributed by atoms with van der Waals surface area (Å²) in [6, 6.07) is 4.71. The topological polar surface area (TPSA) is 66.5 Å². The van der Waals surface area contributed by atoms with Gasteiger partial charge in [0.15, 0.2) is 0 Å². The van der Waals surface area contributed by atoms with E-state index >= 15 is 0 Å². The Morgan fingerprint density at radius 3 is 2.54 bits per heavy atom. The molecule has 1 rings (SSSR count). The molecule has 0 spiro atoms. The summed E-state index contributed by atoms with van der Waals surface area (Å²) in [7, 11) is 0. The number of aryl methyl sites for hydroxylation is 1. The van der Waals surface area contributed by atoms with Gasteiger partial charge >= 0.3 is 0 Å². The monoisotopic (exact) mass is 203 g/mol. The molecule has 74 valence electrons. The van der Waals surface area contributed by atoms with Gasteiger partial charge in [-0.25, -0.2) is 0 Å². The Kier molecular flexibility index (Phi) is 4.77. The molecule has 0 heterocycles. The minimum Gasteiger partial charge on any atom is -0.508 e. The summed E-state index contributed by atoms with van der Waals surface area (Å²) >= 11 is 0. The molecule has 0 radical (unpaired) electrons. The van der Waals surface area contributed by atoms with Gasteiger partial charge in [-0.1, -0.05) is 12.1 Å². The van der Waals surface area contributed by atoms with Gasteiger partial charge in [-0.15, -0.1) is 12.4 Å². The minimum atomic E-state index is -0.495. The van der Waals surface area contributed by atoms with Gasteiger partial charge in [-0.2, -0.15) is 0 Å². The fraction of sp³-hybridized carbons (Fsp3) is 0.333. The Labute approximate surface area is 83.6 Å². The number of hydrogen-bond donors (Lipinski definition) is 3. The molecule has 0 bridgehead atoms. The van der Waals surface area contributed by atoms with Crippen molar-refractivity contribution in [3.8, 4) is 5.75 Å². The minimum absolute atomic E-state index is 0. The molecule has 0 unspecified atom stereocenters. The average Bonchev–Trinajstić information content (AvgIpc) is 2.03. The summed E-state index contributed by atoms with van der Waals surface area (Å²) in [5.74, 6) is 0.150. The number of aliphatic hydroxyl groups excluding tert-OH is 1. The molecule has 0 aliphatic rings. The number of halogens is 1. The number of rotatable bonds is 2. The third-order valence-electron chi connectivity index (χ3n) is 1.78. The summed E-state index contributed by atoms with van der Waals surface area (Å²) in [4.78, 5) is 0. The van der Waals surface area contributed by atoms with Crippen LogP contribution in [0.1, 0.15) is 17.2 Å². The normalized spacial score (nSPS) is 11.9. The van der Waals surface area contributed by atoms with Gasteiger partial charge in [0.2, 0.25) is 0 Å². The second-order valence-corrected chi connectivity index (χ2v) is 2.85. The molecule has 1 aromatic rings. The highest BCUT2D eigenvalue weighted by Crippen LogP contribution is 2.23. The first-order valence-electron chi connectivity index (χ1n) is 3.81. The van der Waals surface area contributed by atoms with E-state index in [0.29, 0.717) is 5.56 Å². The molecule has 4 heteroatoms. The van der Waals surface area contributed by atoms with Crippen LogP contribution in [0.25, 0.3) is 0 Å². The van der Waals surface area contributed by atoms with Gasteiger partial charge in [0.25, 0.3) is 0 Å². The number of phenols is 1. The number of aliphatic hydroxyl groups is 1. The highest BCUT2D eigenvalue weighted by Gasteiger charge is 2.08. The molecule has 4 N–H and O–H groups in total. The van der Waals surface area contributed by atoms with E-state index < -0.39 is 6.04 Å². The van der Waals surface area contributed by atoms with Crippen LogP contribution in [0.4, 0.5) is 0 Å². The predicted octanol–water partition coefficient (Wildman–Crippen LogP) is 1.11. The van der Waals surface area contributed by atoms with Crippen molar-refractivity contribution in [2.24, 2.45) is 5.73 Å². The van der Waals surface area contributed by atoms with Crippen LogP contribution < -0.4 is 5.73 Å². The lowest BCUT2D eigenvalue weighted by molar-refractivity contribution is 0.265. The Hall–Kier alpha value is -0.770. The zero-order valence-corrected chi connectivity index (χ0v) is 8.21. The van der Waals surface area contributed by atoms with E-state index in [0.717, 1.165) is 5.56 Å². The lowest BCUT2D eigenvalue weighted by Gasteiger charge is -2.10. The zero-order valence-electron chi connectivity index (χ0n) is 7.40. The molecule has 0 saturated carbocycles. The van der Waals surface area contributed by atoms with Gasteiger partial charge in [0.1, 0.15) is 5.75 Å². The lowest BCUT2D eigenvalue weighted by Crippen LogP contribution is -2.14. The molecule has 3 nitrogen and oxygen atoms in total. The van der Waals surface area contributed by atoms with Crippen molar-refractivity contribution in [2.75, 3.05) is 6.61 Å². The van der Waals surface area contributed by atoms with Crippen LogP contribution >= 0.6 is 12.4 Å². The fourth-order valence-corrected chi connectivity index (χ4v) is 1.07. The van der Waals surface area contributed by atoms with E-state index in [4.69, 9.17) is 10.8 Å². The molecule has 1 atom stereocenters. The fourth-order valence-electron chi connectivity index (χ4n) is 1.07. The Bertz CT molecular complexity index is 278. The van der Waals surface area contributed by atoms with Crippen molar-refractivity contribution in [3.63, 3.8) is 0 Å². The van der Waals surface area contributed by atoms with Crippen LogP contribution in [-0.4, -0.2) is 16.8 Å². The predicted molar refractivity (Wildman–Crippen MR) is 54.1 cm³/mol. The summed E-state index contributed by atoms with van der Waals surface area (Å²) in [5, 5.41) is 18.1. The average molecular weight is 204 g/mol. The highest BCUT2D eigenvalue weighted by atomic mass is 35.5. The second kappa shape index (κ2) is 5.07. The molecule has 0 aliphatic carbocycles. The number of phenolic OH excluding ortho intramolecular Hbond substituents is 1. The third-order valence-corrected chi connectivity index (χ3v) is 1.78. The number of nitrogens with two attached hydrogens (primary N) is 1. The van der Waals surface area contributed by atoms with Crippen LogP contribution in [0, 0.1) is 6.92 Å². The summed E-state index contributed by atoms with van der Waals surface area (Å²) in [6.07, 6.45) is 0. The van der Waals surface area contributed by atoms with E-state index in [1.165, 1.54) is 0 Å². The van der Waals surface area contributed by atoms with E-state index in [-0.39, 0.29) is 24.8 Å². The van der Waals surface area contributed by atoms with Crippen LogP contribution in [0.3, 0.4) is 0 Å². The van der Waals surface area contributed by atoms with Gasteiger partial charge in [-0.3, -0.25) is 0 Å². The Morgan fingerprint density at radius 1 is 1.46 bits per heavy atom. The smallest absolute Gasteiger partial charge is 0.120 e.